The van der Waals surface area contributed by atoms with Crippen molar-refractivity contribution in [1.29, 1.82) is 5.26 Å². The molecule has 0 bridgehead atoms. The topological polar surface area (TPSA) is 139 Å². The molecule has 0 spiro atoms. The fraction of sp³-hybridized carbons (Fsp3) is 0.333. The minimum atomic E-state index is -0.184. The van der Waals surface area contributed by atoms with Gasteiger partial charge in [-0.3, -0.25) is 4.79 Å². The summed E-state index contributed by atoms with van der Waals surface area (Å²) in [4.78, 5) is 16.2. The monoisotopic (exact) mass is 420 g/mol. The van der Waals surface area contributed by atoms with Crippen molar-refractivity contribution < 1.29 is 9.90 Å². The molecule has 1 fully saturated rings. The number of aliphatic hydroxyl groups excluding tert-OH is 1. The van der Waals surface area contributed by atoms with Gasteiger partial charge in [-0.25, -0.2) is 4.98 Å². The highest BCUT2D eigenvalue weighted by Gasteiger charge is 2.23. The number of nitriles is 1. The molecule has 0 saturated heterocycles. The van der Waals surface area contributed by atoms with E-state index in [1.165, 1.54) is 13.1 Å². The average molecular weight is 420 g/mol. The first-order valence-electron chi connectivity index (χ1n) is 10.2. The third-order valence-corrected chi connectivity index (χ3v) is 4.77. The zero-order chi connectivity index (χ0) is 21.8. The molecule has 31 heavy (non-hydrogen) atoms. The molecule has 1 amide bonds. The predicted octanol–water partition coefficient (Wildman–Crippen LogP) is 2.67. The number of rotatable bonds is 9. The highest BCUT2D eigenvalue weighted by Crippen LogP contribution is 2.30. The van der Waals surface area contributed by atoms with Crippen molar-refractivity contribution in [3.8, 4) is 6.07 Å². The number of nitrogens with one attached hydrogen (secondary N) is 4. The minimum Gasteiger partial charge on any atom is -0.396 e. The zero-order valence-corrected chi connectivity index (χ0v) is 17.1. The number of benzene rings is 1. The largest absolute Gasteiger partial charge is 0.396 e. The molecule has 3 aromatic rings. The Labute approximate surface area is 179 Å². The molecule has 0 atom stereocenters. The van der Waals surface area contributed by atoms with Gasteiger partial charge in [0.2, 0.25) is 5.91 Å². The van der Waals surface area contributed by atoms with E-state index in [0.29, 0.717) is 41.7 Å². The Hall–Kier alpha value is -3.84. The molecule has 10 heteroatoms. The number of nitrogens with zero attached hydrogens (tertiary/aromatic N) is 4. The molecule has 2 heterocycles. The lowest BCUT2D eigenvalue weighted by molar-refractivity contribution is -0.114. The van der Waals surface area contributed by atoms with Crippen molar-refractivity contribution in [2.45, 2.75) is 32.2 Å². The number of hydrogen-bond donors (Lipinski definition) is 5. The third-order valence-electron chi connectivity index (χ3n) is 4.77. The molecular weight excluding hydrogens is 396 g/mol. The first kappa shape index (κ1) is 20.4. The number of hydrogen-bond acceptors (Lipinski definition) is 8. The van der Waals surface area contributed by atoms with Crippen LogP contribution in [0.3, 0.4) is 0 Å². The lowest BCUT2D eigenvalue weighted by Crippen LogP contribution is -2.11. The van der Waals surface area contributed by atoms with E-state index < -0.39 is 0 Å². The standard InChI is InChI=1S/C21H24N8O2/c1-13(31)25-18-9-16(5-6-17(18)23-7-2-8-30)26-19-10-20(27-15-3-4-15)29-21(28-19)14(11-22)12-24-29/h5-6,9-10,12,15,23,27,30H,2-4,7-8H2,1H3,(H,25,31)(H,26,28). The Balaban J connectivity index is 1.64. The predicted molar refractivity (Wildman–Crippen MR) is 119 cm³/mol. The Morgan fingerprint density at radius 2 is 2.16 bits per heavy atom. The minimum absolute atomic E-state index is 0.0900. The second kappa shape index (κ2) is 8.89. The maximum absolute atomic E-state index is 11.6. The van der Waals surface area contributed by atoms with Crippen molar-refractivity contribution in [3.05, 3.63) is 36.0 Å². The molecule has 1 aliphatic rings. The molecule has 1 aromatic carbocycles. The van der Waals surface area contributed by atoms with E-state index in [1.807, 2.05) is 24.3 Å². The van der Waals surface area contributed by atoms with Crippen LogP contribution in [0, 0.1) is 11.3 Å². The van der Waals surface area contributed by atoms with Gasteiger partial charge in [0.25, 0.3) is 0 Å². The smallest absolute Gasteiger partial charge is 0.221 e. The number of aliphatic hydroxyl groups is 1. The van der Waals surface area contributed by atoms with E-state index in [9.17, 15) is 10.1 Å². The number of aromatic nitrogens is 3. The Bertz CT molecular complexity index is 1150. The molecule has 4 rings (SSSR count). The lowest BCUT2D eigenvalue weighted by atomic mass is 10.2. The van der Waals surface area contributed by atoms with E-state index >= 15 is 0 Å². The van der Waals surface area contributed by atoms with Crippen LogP contribution in [0.1, 0.15) is 31.7 Å². The van der Waals surface area contributed by atoms with Gasteiger partial charge in [-0.1, -0.05) is 0 Å². The number of amides is 1. The fourth-order valence-corrected chi connectivity index (χ4v) is 3.16. The zero-order valence-electron chi connectivity index (χ0n) is 17.1. The Morgan fingerprint density at radius 3 is 2.87 bits per heavy atom. The van der Waals surface area contributed by atoms with Crippen LogP contribution in [0.25, 0.3) is 5.65 Å². The van der Waals surface area contributed by atoms with E-state index in [2.05, 4.69) is 37.4 Å². The van der Waals surface area contributed by atoms with Gasteiger partial charge < -0.3 is 26.4 Å². The molecule has 5 N–H and O–H groups in total. The highest BCUT2D eigenvalue weighted by atomic mass is 16.3. The number of carbonyl (C=O) groups excluding carboxylic acids is 1. The Morgan fingerprint density at radius 1 is 1.32 bits per heavy atom. The van der Waals surface area contributed by atoms with Crippen LogP contribution in [0.2, 0.25) is 0 Å². The summed E-state index contributed by atoms with van der Waals surface area (Å²) in [6, 6.07) is 9.92. The van der Waals surface area contributed by atoms with Crippen LogP contribution in [0.5, 0.6) is 0 Å². The van der Waals surface area contributed by atoms with E-state index in [4.69, 9.17) is 5.11 Å². The number of fused-ring (bicyclic) bond motifs is 1. The summed E-state index contributed by atoms with van der Waals surface area (Å²) >= 11 is 0. The highest BCUT2D eigenvalue weighted by molar-refractivity contribution is 5.93. The van der Waals surface area contributed by atoms with Gasteiger partial charge in [0, 0.05) is 37.9 Å². The van der Waals surface area contributed by atoms with Crippen LogP contribution >= 0.6 is 0 Å². The van der Waals surface area contributed by atoms with Crippen molar-refractivity contribution in [1.82, 2.24) is 14.6 Å². The van der Waals surface area contributed by atoms with Gasteiger partial charge in [0.15, 0.2) is 5.65 Å². The molecule has 1 saturated carbocycles. The van der Waals surface area contributed by atoms with Gasteiger partial charge in [0.05, 0.1) is 17.6 Å². The van der Waals surface area contributed by atoms with Crippen molar-refractivity contribution >= 4 is 40.3 Å². The van der Waals surface area contributed by atoms with Crippen molar-refractivity contribution in [2.24, 2.45) is 0 Å². The van der Waals surface area contributed by atoms with Crippen molar-refractivity contribution in [3.63, 3.8) is 0 Å². The second-order valence-corrected chi connectivity index (χ2v) is 7.42. The van der Waals surface area contributed by atoms with Gasteiger partial charge in [-0.2, -0.15) is 14.9 Å². The quantitative estimate of drug-likeness (QED) is 0.333. The molecule has 0 radical (unpaired) electrons. The fourth-order valence-electron chi connectivity index (χ4n) is 3.16. The molecular formula is C21H24N8O2. The summed E-state index contributed by atoms with van der Waals surface area (Å²) in [5, 5.41) is 35.4. The molecule has 0 unspecified atom stereocenters. The van der Waals surface area contributed by atoms with E-state index in [-0.39, 0.29) is 12.5 Å². The first-order chi connectivity index (χ1) is 15.1. The van der Waals surface area contributed by atoms with Crippen LogP contribution < -0.4 is 21.3 Å². The maximum atomic E-state index is 11.6. The average Bonchev–Trinajstić information content (AvgIpc) is 3.45. The van der Waals surface area contributed by atoms with E-state index in [1.54, 1.807) is 4.52 Å². The van der Waals surface area contributed by atoms with Crippen LogP contribution in [-0.2, 0) is 4.79 Å². The van der Waals surface area contributed by atoms with E-state index in [0.717, 1.165) is 30.0 Å². The summed E-state index contributed by atoms with van der Waals surface area (Å²) < 4.78 is 1.64. The second-order valence-electron chi connectivity index (χ2n) is 7.42. The van der Waals surface area contributed by atoms with Gasteiger partial charge >= 0.3 is 0 Å². The maximum Gasteiger partial charge on any atom is 0.221 e. The lowest BCUT2D eigenvalue weighted by Gasteiger charge is -2.15. The first-order valence-corrected chi connectivity index (χ1v) is 10.2. The van der Waals surface area contributed by atoms with Gasteiger partial charge in [0.1, 0.15) is 23.3 Å². The van der Waals surface area contributed by atoms with Gasteiger partial charge in [-0.05, 0) is 37.5 Å². The SMILES string of the molecule is CC(=O)Nc1cc(Nc2cc(NC3CC3)n3ncc(C#N)c3n2)ccc1NCCCO. The molecule has 2 aromatic heterocycles. The van der Waals surface area contributed by atoms with Gasteiger partial charge in [-0.15, -0.1) is 0 Å². The summed E-state index contributed by atoms with van der Waals surface area (Å²) in [5.41, 5.74) is 2.97. The molecule has 0 aliphatic heterocycles. The molecule has 160 valence electrons. The molecule has 1 aliphatic carbocycles. The Kier molecular flexibility index (Phi) is 5.86. The summed E-state index contributed by atoms with van der Waals surface area (Å²) in [5.74, 6) is 1.14. The normalized spacial score (nSPS) is 12.9. The van der Waals surface area contributed by atoms with Crippen LogP contribution in [-0.4, -0.2) is 44.8 Å². The summed E-state index contributed by atoms with van der Waals surface area (Å²) in [6.45, 7) is 2.13. The molecule has 10 nitrogen and oxygen atoms in total. The number of carbonyl (C=O) groups is 1. The summed E-state index contributed by atoms with van der Waals surface area (Å²) in [7, 11) is 0. The van der Waals surface area contributed by atoms with Crippen LogP contribution in [0.4, 0.5) is 28.7 Å². The third kappa shape index (κ3) is 4.84. The van der Waals surface area contributed by atoms with Crippen molar-refractivity contribution in [2.75, 3.05) is 34.4 Å². The summed E-state index contributed by atoms with van der Waals surface area (Å²) in [6.07, 6.45) is 4.31. The van der Waals surface area contributed by atoms with Crippen LogP contribution in [0.15, 0.2) is 30.5 Å². The number of anilines is 5.